The van der Waals surface area contributed by atoms with Crippen LogP contribution in [0, 0.1) is 20.8 Å². The van der Waals surface area contributed by atoms with Crippen molar-refractivity contribution >= 4 is 5.95 Å². The van der Waals surface area contributed by atoms with Gasteiger partial charge in [-0.1, -0.05) is 18.2 Å². The number of benzene rings is 1. The van der Waals surface area contributed by atoms with Crippen molar-refractivity contribution < 1.29 is 9.15 Å². The number of rotatable bonds is 5. The molecule has 0 spiro atoms. The van der Waals surface area contributed by atoms with Crippen LogP contribution in [0.4, 0.5) is 5.95 Å². The van der Waals surface area contributed by atoms with Gasteiger partial charge in [-0.3, -0.25) is 0 Å². The highest BCUT2D eigenvalue weighted by atomic mass is 16.5. The van der Waals surface area contributed by atoms with Crippen LogP contribution < -0.4 is 9.64 Å². The van der Waals surface area contributed by atoms with Crippen molar-refractivity contribution in [2.45, 2.75) is 40.2 Å². The SMILES string of the molecule is Cc1nc(N2CCCC2)nc(OCc2nc(-c3ccccc3)oc2C)c1C. The molecule has 0 unspecified atom stereocenters. The minimum atomic E-state index is 0.318. The molecule has 0 N–H and O–H groups in total. The van der Waals surface area contributed by atoms with Crippen LogP contribution in [-0.2, 0) is 6.61 Å². The van der Waals surface area contributed by atoms with E-state index < -0.39 is 0 Å². The van der Waals surface area contributed by atoms with E-state index in [2.05, 4.69) is 19.9 Å². The van der Waals surface area contributed by atoms with Gasteiger partial charge in [-0.2, -0.15) is 4.98 Å². The summed E-state index contributed by atoms with van der Waals surface area (Å²) in [5, 5.41) is 0. The Bertz CT molecular complexity index is 931. The second-order valence-electron chi connectivity index (χ2n) is 6.91. The lowest BCUT2D eigenvalue weighted by Gasteiger charge is -2.18. The third-order valence-corrected chi connectivity index (χ3v) is 4.98. The van der Waals surface area contributed by atoms with Gasteiger partial charge in [0.05, 0.1) is 0 Å². The molecule has 27 heavy (non-hydrogen) atoms. The van der Waals surface area contributed by atoms with E-state index in [0.717, 1.165) is 47.3 Å². The van der Waals surface area contributed by atoms with Crippen molar-refractivity contribution in [2.75, 3.05) is 18.0 Å². The Hall–Kier alpha value is -2.89. The normalized spacial score (nSPS) is 14.0. The van der Waals surface area contributed by atoms with Crippen LogP contribution in [0.2, 0.25) is 0 Å². The summed E-state index contributed by atoms with van der Waals surface area (Å²) in [6, 6.07) is 9.88. The number of ether oxygens (including phenoxy) is 1. The van der Waals surface area contributed by atoms with Crippen molar-refractivity contribution in [3.63, 3.8) is 0 Å². The summed E-state index contributed by atoms with van der Waals surface area (Å²) >= 11 is 0. The highest BCUT2D eigenvalue weighted by Gasteiger charge is 2.19. The van der Waals surface area contributed by atoms with Gasteiger partial charge in [0.25, 0.3) is 0 Å². The van der Waals surface area contributed by atoms with Crippen LogP contribution in [0.5, 0.6) is 5.88 Å². The van der Waals surface area contributed by atoms with Crippen LogP contribution in [0.15, 0.2) is 34.7 Å². The van der Waals surface area contributed by atoms with Gasteiger partial charge in [0.1, 0.15) is 18.1 Å². The molecule has 0 bridgehead atoms. The van der Waals surface area contributed by atoms with E-state index in [0.29, 0.717) is 18.4 Å². The standard InChI is InChI=1S/C21H24N4O2/c1-14-15(2)22-21(25-11-7-8-12-25)24-19(14)26-13-18-16(3)27-20(23-18)17-9-5-4-6-10-17/h4-6,9-10H,7-8,11-13H2,1-3H3. The van der Waals surface area contributed by atoms with Gasteiger partial charge in [-0.15, -0.1) is 0 Å². The summed E-state index contributed by atoms with van der Waals surface area (Å²) in [5.41, 5.74) is 3.65. The Morgan fingerprint density at radius 2 is 1.74 bits per heavy atom. The first-order valence-corrected chi connectivity index (χ1v) is 9.36. The molecule has 1 aliphatic heterocycles. The largest absolute Gasteiger partial charge is 0.471 e. The predicted octanol–water partition coefficient (Wildman–Crippen LogP) is 4.24. The quantitative estimate of drug-likeness (QED) is 0.675. The molecule has 1 fully saturated rings. The second-order valence-corrected chi connectivity index (χ2v) is 6.91. The fourth-order valence-corrected chi connectivity index (χ4v) is 3.19. The molecule has 3 aromatic rings. The zero-order valence-corrected chi connectivity index (χ0v) is 16.0. The number of anilines is 1. The molecule has 6 nitrogen and oxygen atoms in total. The lowest BCUT2D eigenvalue weighted by Crippen LogP contribution is -2.21. The van der Waals surface area contributed by atoms with Crippen molar-refractivity contribution in [1.29, 1.82) is 0 Å². The molecule has 0 radical (unpaired) electrons. The van der Waals surface area contributed by atoms with Gasteiger partial charge in [0.15, 0.2) is 0 Å². The summed E-state index contributed by atoms with van der Waals surface area (Å²) < 4.78 is 11.8. The van der Waals surface area contributed by atoms with E-state index in [1.807, 2.05) is 51.1 Å². The number of aromatic nitrogens is 3. The van der Waals surface area contributed by atoms with E-state index in [9.17, 15) is 0 Å². The number of aryl methyl sites for hydroxylation is 2. The van der Waals surface area contributed by atoms with Crippen molar-refractivity contribution in [3.8, 4) is 17.3 Å². The van der Waals surface area contributed by atoms with Crippen molar-refractivity contribution in [1.82, 2.24) is 15.0 Å². The Balaban J connectivity index is 1.54. The monoisotopic (exact) mass is 364 g/mol. The smallest absolute Gasteiger partial charge is 0.228 e. The Morgan fingerprint density at radius 3 is 2.48 bits per heavy atom. The molecule has 0 amide bonds. The van der Waals surface area contributed by atoms with E-state index in [-0.39, 0.29) is 0 Å². The molecular formula is C21H24N4O2. The van der Waals surface area contributed by atoms with Crippen LogP contribution in [-0.4, -0.2) is 28.0 Å². The van der Waals surface area contributed by atoms with Crippen LogP contribution in [0.1, 0.15) is 35.6 Å². The van der Waals surface area contributed by atoms with E-state index in [1.54, 1.807) is 0 Å². The maximum Gasteiger partial charge on any atom is 0.228 e. The van der Waals surface area contributed by atoms with Crippen LogP contribution in [0.3, 0.4) is 0 Å². The second kappa shape index (κ2) is 7.39. The fourth-order valence-electron chi connectivity index (χ4n) is 3.19. The number of nitrogens with zero attached hydrogens (tertiary/aromatic N) is 4. The lowest BCUT2D eigenvalue weighted by atomic mass is 10.2. The first-order chi connectivity index (χ1) is 13.1. The molecule has 0 aliphatic carbocycles. The summed E-state index contributed by atoms with van der Waals surface area (Å²) in [7, 11) is 0. The third-order valence-electron chi connectivity index (χ3n) is 4.98. The molecular weight excluding hydrogens is 340 g/mol. The molecule has 4 rings (SSSR count). The van der Waals surface area contributed by atoms with Gasteiger partial charge in [0, 0.05) is 29.9 Å². The molecule has 1 saturated heterocycles. The number of hydrogen-bond donors (Lipinski definition) is 0. The number of oxazole rings is 1. The fraction of sp³-hybridized carbons (Fsp3) is 0.381. The maximum atomic E-state index is 6.03. The molecule has 140 valence electrons. The molecule has 1 aliphatic rings. The molecule has 6 heteroatoms. The Labute approximate surface area is 159 Å². The third kappa shape index (κ3) is 3.65. The summed E-state index contributed by atoms with van der Waals surface area (Å²) in [6.45, 7) is 8.22. The van der Waals surface area contributed by atoms with E-state index >= 15 is 0 Å². The van der Waals surface area contributed by atoms with Crippen LogP contribution in [0.25, 0.3) is 11.5 Å². The molecule has 0 atom stereocenters. The zero-order valence-electron chi connectivity index (χ0n) is 16.0. The molecule has 0 saturated carbocycles. The van der Waals surface area contributed by atoms with Crippen molar-refractivity contribution in [3.05, 3.63) is 53.0 Å². The average Bonchev–Trinajstić information content (AvgIpc) is 3.34. The van der Waals surface area contributed by atoms with Gasteiger partial charge in [0.2, 0.25) is 17.7 Å². The minimum Gasteiger partial charge on any atom is -0.471 e. The molecule has 2 aromatic heterocycles. The Kier molecular flexibility index (Phi) is 4.79. The molecule has 3 heterocycles. The highest BCUT2D eigenvalue weighted by molar-refractivity contribution is 5.53. The van der Waals surface area contributed by atoms with Gasteiger partial charge >= 0.3 is 0 Å². The predicted molar refractivity (Wildman–Crippen MR) is 104 cm³/mol. The first kappa shape index (κ1) is 17.5. The van der Waals surface area contributed by atoms with Crippen molar-refractivity contribution in [2.24, 2.45) is 0 Å². The van der Waals surface area contributed by atoms with E-state index in [1.165, 1.54) is 12.8 Å². The molecule has 1 aromatic carbocycles. The highest BCUT2D eigenvalue weighted by Crippen LogP contribution is 2.26. The lowest BCUT2D eigenvalue weighted by molar-refractivity contribution is 0.284. The maximum absolute atomic E-state index is 6.03. The van der Waals surface area contributed by atoms with E-state index in [4.69, 9.17) is 9.15 Å². The van der Waals surface area contributed by atoms with Gasteiger partial charge < -0.3 is 14.1 Å². The van der Waals surface area contributed by atoms with Gasteiger partial charge in [-0.25, -0.2) is 9.97 Å². The first-order valence-electron chi connectivity index (χ1n) is 9.36. The average molecular weight is 364 g/mol. The van der Waals surface area contributed by atoms with Crippen LogP contribution >= 0.6 is 0 Å². The summed E-state index contributed by atoms with van der Waals surface area (Å²) in [5.74, 6) is 2.75. The summed E-state index contributed by atoms with van der Waals surface area (Å²) in [6.07, 6.45) is 2.37. The van der Waals surface area contributed by atoms with Gasteiger partial charge in [-0.05, 0) is 45.7 Å². The zero-order chi connectivity index (χ0) is 18.8. The summed E-state index contributed by atoms with van der Waals surface area (Å²) in [4.78, 5) is 16.1. The minimum absolute atomic E-state index is 0.318. The number of hydrogen-bond acceptors (Lipinski definition) is 6. The Morgan fingerprint density at radius 1 is 1.00 bits per heavy atom. The topological polar surface area (TPSA) is 64.3 Å².